The molecule has 0 aromatic heterocycles. The number of nitrogens with one attached hydrogen (secondary N) is 2. The molecule has 0 heterocycles. The highest BCUT2D eigenvalue weighted by Crippen LogP contribution is 2.10. The number of hydrogen-bond donors (Lipinski definition) is 2. The number of guanidine groups is 1. The molecule has 0 saturated carbocycles. The molecule has 1 unspecified atom stereocenters. The van der Waals surface area contributed by atoms with Gasteiger partial charge < -0.3 is 10.6 Å². The minimum absolute atomic E-state index is 0.144. The molecule has 0 radical (unpaired) electrons. The van der Waals surface area contributed by atoms with E-state index in [1.54, 1.807) is 0 Å². The van der Waals surface area contributed by atoms with E-state index >= 15 is 0 Å². The summed E-state index contributed by atoms with van der Waals surface area (Å²) in [5.74, 6) is 2.15. The molecular formula is C14H31N3OS. The van der Waals surface area contributed by atoms with Crippen molar-refractivity contribution in [3.8, 4) is 0 Å². The lowest BCUT2D eigenvalue weighted by Crippen LogP contribution is -2.40. The zero-order chi connectivity index (χ0) is 14.9. The Morgan fingerprint density at radius 3 is 2.37 bits per heavy atom. The zero-order valence-electron chi connectivity index (χ0n) is 13.4. The predicted molar refractivity (Wildman–Crippen MR) is 86.2 cm³/mol. The highest BCUT2D eigenvalue weighted by molar-refractivity contribution is 7.86. The van der Waals surface area contributed by atoms with E-state index in [-0.39, 0.29) is 4.75 Å². The van der Waals surface area contributed by atoms with Gasteiger partial charge >= 0.3 is 0 Å². The Labute approximate surface area is 121 Å². The molecule has 19 heavy (non-hydrogen) atoms. The van der Waals surface area contributed by atoms with Crippen LogP contribution in [0.25, 0.3) is 0 Å². The van der Waals surface area contributed by atoms with E-state index in [1.807, 2.05) is 27.7 Å². The number of aliphatic imine (C=N–C) groups is 1. The van der Waals surface area contributed by atoms with Crippen LogP contribution in [0, 0.1) is 5.92 Å². The van der Waals surface area contributed by atoms with Crippen LogP contribution in [0.15, 0.2) is 4.99 Å². The third-order valence-electron chi connectivity index (χ3n) is 2.58. The maximum Gasteiger partial charge on any atom is 0.191 e. The van der Waals surface area contributed by atoms with Gasteiger partial charge in [0.2, 0.25) is 0 Å². The average Bonchev–Trinajstić information content (AvgIpc) is 2.27. The summed E-state index contributed by atoms with van der Waals surface area (Å²) in [6, 6.07) is 0. The molecule has 0 rings (SSSR count). The summed E-state index contributed by atoms with van der Waals surface area (Å²) in [6.07, 6.45) is 1.09. The fraction of sp³-hybridized carbons (Fsp3) is 0.929. The van der Waals surface area contributed by atoms with Gasteiger partial charge in [0.25, 0.3) is 0 Å². The van der Waals surface area contributed by atoms with Gasteiger partial charge in [-0.2, -0.15) is 0 Å². The Kier molecular flexibility index (Phi) is 9.06. The van der Waals surface area contributed by atoms with Crippen LogP contribution in [0.3, 0.4) is 0 Å². The molecule has 0 aromatic rings. The van der Waals surface area contributed by atoms with Crippen molar-refractivity contribution in [1.82, 2.24) is 10.6 Å². The Hall–Kier alpha value is -0.580. The summed E-state index contributed by atoms with van der Waals surface area (Å²) in [6.45, 7) is 14.8. The van der Waals surface area contributed by atoms with Crippen molar-refractivity contribution >= 4 is 16.8 Å². The molecule has 0 saturated heterocycles. The van der Waals surface area contributed by atoms with Crippen LogP contribution in [-0.4, -0.2) is 40.3 Å². The SMILES string of the molecule is CCNC(=NCCC(C)C)NCCS(=O)C(C)(C)C. The van der Waals surface area contributed by atoms with Crippen LogP contribution in [0.2, 0.25) is 0 Å². The quantitative estimate of drug-likeness (QED) is 0.558. The molecule has 1 atom stereocenters. The summed E-state index contributed by atoms with van der Waals surface area (Å²) in [5.41, 5.74) is 0. The van der Waals surface area contributed by atoms with Gasteiger partial charge in [0.05, 0.1) is 0 Å². The monoisotopic (exact) mass is 289 g/mol. The molecule has 114 valence electrons. The zero-order valence-corrected chi connectivity index (χ0v) is 14.2. The van der Waals surface area contributed by atoms with Gasteiger partial charge in [-0.25, -0.2) is 0 Å². The van der Waals surface area contributed by atoms with Gasteiger partial charge in [-0.15, -0.1) is 0 Å². The summed E-state index contributed by atoms with van der Waals surface area (Å²) in [7, 11) is -0.816. The Balaban J connectivity index is 4.11. The third-order valence-corrected chi connectivity index (χ3v) is 4.52. The predicted octanol–water partition coefficient (Wildman–Crippen LogP) is 2.13. The van der Waals surface area contributed by atoms with Gasteiger partial charge in [0.15, 0.2) is 5.96 Å². The fourth-order valence-corrected chi connectivity index (χ4v) is 2.24. The van der Waals surface area contributed by atoms with Crippen molar-refractivity contribution in [2.45, 2.75) is 52.7 Å². The second-order valence-electron chi connectivity index (χ2n) is 6.03. The van der Waals surface area contributed by atoms with E-state index < -0.39 is 10.8 Å². The van der Waals surface area contributed by atoms with Crippen LogP contribution >= 0.6 is 0 Å². The average molecular weight is 289 g/mol. The van der Waals surface area contributed by atoms with E-state index in [4.69, 9.17) is 0 Å². The molecule has 0 aliphatic carbocycles. The standard InChI is InChI=1S/C14H31N3OS/c1-7-15-13(16-9-8-12(2)3)17-10-11-19(18)14(4,5)6/h12H,7-11H2,1-6H3,(H2,15,16,17). The first kappa shape index (κ1) is 18.4. The van der Waals surface area contributed by atoms with Crippen LogP contribution in [0.1, 0.15) is 48.0 Å². The summed E-state index contributed by atoms with van der Waals surface area (Å²) in [4.78, 5) is 4.51. The second-order valence-corrected chi connectivity index (χ2v) is 8.36. The Morgan fingerprint density at radius 2 is 1.89 bits per heavy atom. The van der Waals surface area contributed by atoms with Crippen molar-refractivity contribution < 1.29 is 4.21 Å². The molecule has 5 heteroatoms. The lowest BCUT2D eigenvalue weighted by atomic mass is 10.1. The van der Waals surface area contributed by atoms with E-state index in [0.717, 1.165) is 25.5 Å². The normalized spacial score (nSPS) is 14.6. The second kappa shape index (κ2) is 9.34. The number of nitrogens with zero attached hydrogens (tertiary/aromatic N) is 1. The van der Waals surface area contributed by atoms with Gasteiger partial charge in [0.1, 0.15) is 0 Å². The minimum Gasteiger partial charge on any atom is -0.357 e. The molecule has 0 aromatic carbocycles. The first-order chi connectivity index (χ1) is 8.77. The Bertz CT molecular complexity index is 296. The molecule has 0 bridgehead atoms. The van der Waals surface area contributed by atoms with Crippen molar-refractivity contribution in [3.63, 3.8) is 0 Å². The van der Waals surface area contributed by atoms with Crippen molar-refractivity contribution in [3.05, 3.63) is 0 Å². The number of hydrogen-bond acceptors (Lipinski definition) is 2. The first-order valence-electron chi connectivity index (χ1n) is 7.18. The van der Waals surface area contributed by atoms with Crippen LogP contribution in [0.5, 0.6) is 0 Å². The maximum absolute atomic E-state index is 11.9. The minimum atomic E-state index is -0.816. The number of rotatable bonds is 7. The van der Waals surface area contributed by atoms with Crippen LogP contribution < -0.4 is 10.6 Å². The molecule has 4 nitrogen and oxygen atoms in total. The van der Waals surface area contributed by atoms with Crippen LogP contribution in [-0.2, 0) is 10.8 Å². The topological polar surface area (TPSA) is 53.5 Å². The molecular weight excluding hydrogens is 258 g/mol. The van der Waals surface area contributed by atoms with Crippen molar-refractivity contribution in [2.75, 3.05) is 25.4 Å². The van der Waals surface area contributed by atoms with Gasteiger partial charge in [0, 0.05) is 40.9 Å². The van der Waals surface area contributed by atoms with Crippen molar-refractivity contribution in [2.24, 2.45) is 10.9 Å². The van der Waals surface area contributed by atoms with E-state index in [2.05, 4.69) is 29.5 Å². The lowest BCUT2D eigenvalue weighted by Gasteiger charge is -2.18. The summed E-state index contributed by atoms with van der Waals surface area (Å²) >= 11 is 0. The summed E-state index contributed by atoms with van der Waals surface area (Å²) in [5, 5.41) is 6.45. The van der Waals surface area contributed by atoms with Gasteiger partial charge in [-0.05, 0) is 40.0 Å². The highest BCUT2D eigenvalue weighted by atomic mass is 32.2. The molecule has 2 N–H and O–H groups in total. The maximum atomic E-state index is 11.9. The lowest BCUT2D eigenvalue weighted by molar-refractivity contribution is 0.594. The third kappa shape index (κ3) is 9.93. The molecule has 0 fully saturated rings. The van der Waals surface area contributed by atoms with Crippen LogP contribution in [0.4, 0.5) is 0 Å². The van der Waals surface area contributed by atoms with Gasteiger partial charge in [-0.1, -0.05) is 13.8 Å². The van der Waals surface area contributed by atoms with E-state index in [0.29, 0.717) is 18.2 Å². The molecule has 0 spiro atoms. The Morgan fingerprint density at radius 1 is 1.26 bits per heavy atom. The summed E-state index contributed by atoms with van der Waals surface area (Å²) < 4.78 is 11.8. The fourth-order valence-electron chi connectivity index (χ4n) is 1.34. The van der Waals surface area contributed by atoms with E-state index in [1.165, 1.54) is 0 Å². The van der Waals surface area contributed by atoms with E-state index in [9.17, 15) is 4.21 Å². The molecule has 0 aliphatic rings. The first-order valence-corrected chi connectivity index (χ1v) is 8.50. The molecule has 0 amide bonds. The van der Waals surface area contributed by atoms with Gasteiger partial charge in [-0.3, -0.25) is 9.20 Å². The highest BCUT2D eigenvalue weighted by Gasteiger charge is 2.18. The largest absolute Gasteiger partial charge is 0.357 e. The molecule has 0 aliphatic heterocycles. The smallest absolute Gasteiger partial charge is 0.191 e. The van der Waals surface area contributed by atoms with Crippen molar-refractivity contribution in [1.29, 1.82) is 0 Å².